The van der Waals surface area contributed by atoms with Gasteiger partial charge in [-0.05, 0) is 79.9 Å². The van der Waals surface area contributed by atoms with E-state index in [-0.39, 0.29) is 17.9 Å². The maximum Gasteiger partial charge on any atom is 0.367 e. The number of hydrogen-bond acceptors (Lipinski definition) is 6. The highest BCUT2D eigenvalue weighted by molar-refractivity contribution is 9.11. The van der Waals surface area contributed by atoms with Crippen molar-refractivity contribution in [3.63, 3.8) is 0 Å². The molecule has 3 rings (SSSR count). The summed E-state index contributed by atoms with van der Waals surface area (Å²) >= 11 is 6.90. The first-order valence-corrected chi connectivity index (χ1v) is 12.6. The molecule has 32 heavy (non-hydrogen) atoms. The quantitative estimate of drug-likeness (QED) is 0.265. The summed E-state index contributed by atoms with van der Waals surface area (Å²) in [5.41, 5.74) is 1.49. The Hall–Kier alpha value is -1.90. The fraction of sp³-hybridized carbons (Fsp3) is 0.182. The highest BCUT2D eigenvalue weighted by Gasteiger charge is 2.23. The Balaban J connectivity index is 1.78. The lowest BCUT2D eigenvalue weighted by Gasteiger charge is -2.16. The maximum atomic E-state index is 13.1. The molecular formula is C22H20Br2FO6P. The average Bonchev–Trinajstić information content (AvgIpc) is 2.78. The van der Waals surface area contributed by atoms with Crippen molar-refractivity contribution in [2.75, 3.05) is 20.6 Å². The van der Waals surface area contributed by atoms with Gasteiger partial charge in [-0.2, -0.15) is 0 Å². The molecule has 0 spiro atoms. The second-order valence-electron chi connectivity index (χ2n) is 6.66. The van der Waals surface area contributed by atoms with E-state index in [1.54, 1.807) is 42.5 Å². The molecule has 10 heteroatoms. The van der Waals surface area contributed by atoms with Crippen molar-refractivity contribution >= 4 is 39.5 Å². The molecule has 0 unspecified atom stereocenters. The van der Waals surface area contributed by atoms with E-state index in [0.29, 0.717) is 38.2 Å². The van der Waals surface area contributed by atoms with Crippen molar-refractivity contribution in [3.8, 4) is 23.0 Å². The molecule has 0 saturated carbocycles. The molecule has 0 saturated heterocycles. The van der Waals surface area contributed by atoms with E-state index in [1.807, 2.05) is 0 Å². The Bertz CT molecular complexity index is 1110. The molecule has 0 aromatic heterocycles. The van der Waals surface area contributed by atoms with Gasteiger partial charge in [0.25, 0.3) is 0 Å². The lowest BCUT2D eigenvalue weighted by molar-refractivity contribution is 0.240. The molecule has 0 aliphatic carbocycles. The van der Waals surface area contributed by atoms with Gasteiger partial charge in [0, 0.05) is 26.2 Å². The third-order valence-electron chi connectivity index (χ3n) is 4.50. The zero-order valence-electron chi connectivity index (χ0n) is 17.2. The second-order valence-corrected chi connectivity index (χ2v) is 10.6. The predicted octanol–water partition coefficient (Wildman–Crippen LogP) is 7.26. The van der Waals surface area contributed by atoms with Gasteiger partial charge in [0.05, 0.1) is 8.95 Å². The number of phenolic OH excluding ortho intramolecular Hbond substituents is 1. The molecule has 0 fully saturated rings. The van der Waals surface area contributed by atoms with Crippen LogP contribution >= 0.6 is 39.5 Å². The van der Waals surface area contributed by atoms with Gasteiger partial charge in [-0.15, -0.1) is 0 Å². The minimum absolute atomic E-state index is 0.115. The highest BCUT2D eigenvalue weighted by Crippen LogP contribution is 2.47. The summed E-state index contributed by atoms with van der Waals surface area (Å²) < 4.78 is 47.7. The Morgan fingerprint density at radius 1 is 0.938 bits per heavy atom. The van der Waals surface area contributed by atoms with Crippen molar-refractivity contribution in [1.29, 1.82) is 0 Å². The first-order valence-electron chi connectivity index (χ1n) is 9.29. The Morgan fingerprint density at radius 2 is 1.56 bits per heavy atom. The molecule has 0 radical (unpaired) electrons. The van der Waals surface area contributed by atoms with Crippen molar-refractivity contribution in [3.05, 3.63) is 80.5 Å². The molecular weight excluding hydrogens is 570 g/mol. The predicted molar refractivity (Wildman–Crippen MR) is 126 cm³/mol. The Labute approximate surface area is 202 Å². The number of aromatic hydroxyl groups is 1. The summed E-state index contributed by atoms with van der Waals surface area (Å²) in [4.78, 5) is 0. The first kappa shape index (κ1) is 24.7. The van der Waals surface area contributed by atoms with E-state index in [0.717, 1.165) is 5.56 Å². The van der Waals surface area contributed by atoms with Crippen LogP contribution in [-0.2, 0) is 20.0 Å². The van der Waals surface area contributed by atoms with Crippen LogP contribution in [-0.4, -0.2) is 25.7 Å². The third kappa shape index (κ3) is 6.33. The fourth-order valence-electron chi connectivity index (χ4n) is 2.76. The highest BCUT2D eigenvalue weighted by atomic mass is 79.9. The number of hydrogen-bond donors (Lipinski definition) is 1. The van der Waals surface area contributed by atoms with Gasteiger partial charge in [0.1, 0.15) is 23.1 Å². The molecule has 0 heterocycles. The Morgan fingerprint density at radius 3 is 2.16 bits per heavy atom. The van der Waals surface area contributed by atoms with Gasteiger partial charge >= 0.3 is 7.60 Å². The number of benzene rings is 3. The largest absolute Gasteiger partial charge is 0.508 e. The number of rotatable bonds is 9. The molecule has 170 valence electrons. The van der Waals surface area contributed by atoms with E-state index in [1.165, 1.54) is 26.4 Å². The SMILES string of the molecule is COP(=O)(COc1cc(Br)c(Oc2ccc(O)c(Cc3ccc(F)cc3)c2)c(Br)c1)OC. The average molecular weight is 590 g/mol. The number of phenols is 1. The maximum absolute atomic E-state index is 13.1. The normalized spacial score (nSPS) is 11.4. The summed E-state index contributed by atoms with van der Waals surface area (Å²) in [7, 11) is -0.734. The minimum atomic E-state index is -3.31. The number of halogens is 3. The molecule has 0 bridgehead atoms. The van der Waals surface area contributed by atoms with Crippen molar-refractivity contribution in [1.82, 2.24) is 0 Å². The first-order chi connectivity index (χ1) is 15.2. The Kier molecular flexibility index (Phi) is 8.36. The van der Waals surface area contributed by atoms with Crippen LogP contribution in [0.4, 0.5) is 4.39 Å². The lowest BCUT2D eigenvalue weighted by Crippen LogP contribution is -2.02. The molecule has 3 aromatic rings. The van der Waals surface area contributed by atoms with E-state index >= 15 is 0 Å². The third-order valence-corrected chi connectivity index (χ3v) is 7.23. The van der Waals surface area contributed by atoms with Gasteiger partial charge < -0.3 is 23.6 Å². The van der Waals surface area contributed by atoms with Gasteiger partial charge in [0.2, 0.25) is 0 Å². The molecule has 0 aliphatic rings. The molecule has 3 aromatic carbocycles. The smallest absolute Gasteiger partial charge is 0.367 e. The van der Waals surface area contributed by atoms with E-state index < -0.39 is 7.60 Å². The van der Waals surface area contributed by atoms with E-state index in [2.05, 4.69) is 31.9 Å². The van der Waals surface area contributed by atoms with Crippen LogP contribution in [0, 0.1) is 5.82 Å². The van der Waals surface area contributed by atoms with Crippen LogP contribution in [0.25, 0.3) is 0 Å². The fourth-order valence-corrected chi connectivity index (χ4v) is 4.73. The van der Waals surface area contributed by atoms with Gasteiger partial charge in [-0.25, -0.2) is 4.39 Å². The van der Waals surface area contributed by atoms with Crippen LogP contribution in [0.5, 0.6) is 23.0 Å². The monoisotopic (exact) mass is 588 g/mol. The van der Waals surface area contributed by atoms with Gasteiger partial charge in [-0.1, -0.05) is 12.1 Å². The van der Waals surface area contributed by atoms with Crippen LogP contribution in [0.1, 0.15) is 11.1 Å². The van der Waals surface area contributed by atoms with Crippen LogP contribution in [0.15, 0.2) is 63.5 Å². The molecule has 0 atom stereocenters. The van der Waals surface area contributed by atoms with Crippen LogP contribution in [0.3, 0.4) is 0 Å². The molecule has 0 amide bonds. The summed E-state index contributed by atoms with van der Waals surface area (Å²) in [6.45, 7) is 0. The number of ether oxygens (including phenoxy) is 2. The van der Waals surface area contributed by atoms with Crippen LogP contribution in [0.2, 0.25) is 0 Å². The van der Waals surface area contributed by atoms with Crippen molar-refractivity contribution in [2.24, 2.45) is 0 Å². The van der Waals surface area contributed by atoms with E-state index in [4.69, 9.17) is 18.5 Å². The van der Waals surface area contributed by atoms with Crippen molar-refractivity contribution in [2.45, 2.75) is 6.42 Å². The summed E-state index contributed by atoms with van der Waals surface area (Å²) in [5.74, 6) is 1.21. The summed E-state index contributed by atoms with van der Waals surface area (Å²) in [6.07, 6.45) is 0.168. The molecule has 6 nitrogen and oxygen atoms in total. The van der Waals surface area contributed by atoms with Gasteiger partial charge in [0.15, 0.2) is 12.1 Å². The van der Waals surface area contributed by atoms with Gasteiger partial charge in [-0.3, -0.25) is 4.57 Å². The van der Waals surface area contributed by atoms with Crippen LogP contribution < -0.4 is 9.47 Å². The van der Waals surface area contributed by atoms with E-state index in [9.17, 15) is 14.1 Å². The van der Waals surface area contributed by atoms with Crippen molar-refractivity contribution < 1.29 is 32.6 Å². The minimum Gasteiger partial charge on any atom is -0.508 e. The zero-order valence-corrected chi connectivity index (χ0v) is 21.2. The standard InChI is InChI=1S/C22H20Br2FO6P/c1-28-32(27,29-2)13-30-18-11-19(23)22(20(24)12-18)31-17-7-8-21(26)15(10-17)9-14-3-5-16(25)6-4-14/h3-8,10-12,26H,9,13H2,1-2H3. The summed E-state index contributed by atoms with van der Waals surface area (Å²) in [6, 6.07) is 14.3. The summed E-state index contributed by atoms with van der Waals surface area (Å²) in [5, 5.41) is 10.2. The second kappa shape index (κ2) is 10.8. The molecule has 0 aliphatic heterocycles. The molecule has 1 N–H and O–H groups in total. The lowest BCUT2D eigenvalue weighted by atomic mass is 10.0. The zero-order chi connectivity index (χ0) is 23.3. The topological polar surface area (TPSA) is 74.2 Å².